The summed E-state index contributed by atoms with van der Waals surface area (Å²) in [6, 6.07) is 12.3. The highest BCUT2D eigenvalue weighted by Gasteiger charge is 2.16. The summed E-state index contributed by atoms with van der Waals surface area (Å²) in [7, 11) is 0. The molecule has 0 radical (unpaired) electrons. The van der Waals surface area contributed by atoms with Crippen molar-refractivity contribution in [2.24, 2.45) is 0 Å². The number of aromatic nitrogens is 2. The van der Waals surface area contributed by atoms with Crippen molar-refractivity contribution in [3.8, 4) is 34.7 Å². The largest absolute Gasteiger partial charge is 0.508 e. The van der Waals surface area contributed by atoms with E-state index in [9.17, 15) is 9.50 Å². The topological polar surface area (TPSA) is 82.9 Å². The summed E-state index contributed by atoms with van der Waals surface area (Å²) in [4.78, 5) is 4.13. The zero-order valence-corrected chi connectivity index (χ0v) is 10.6. The van der Waals surface area contributed by atoms with Crippen molar-refractivity contribution in [1.82, 2.24) is 10.1 Å². The standard InChI is InChI=1S/C15H8FN3O2/c16-13-6-2-5-11(12(13)8-17)15-18-14(19-21-15)9-3-1-4-10(20)7-9/h1-7,20H. The average molecular weight is 281 g/mol. The number of halogens is 1. The van der Waals surface area contributed by atoms with E-state index in [2.05, 4.69) is 10.1 Å². The van der Waals surface area contributed by atoms with Crippen LogP contribution >= 0.6 is 0 Å². The van der Waals surface area contributed by atoms with Crippen molar-refractivity contribution < 1.29 is 14.0 Å². The number of rotatable bonds is 2. The monoisotopic (exact) mass is 281 g/mol. The first-order chi connectivity index (χ1) is 10.2. The first kappa shape index (κ1) is 12.8. The minimum atomic E-state index is -0.646. The lowest BCUT2D eigenvalue weighted by Crippen LogP contribution is -1.89. The minimum Gasteiger partial charge on any atom is -0.508 e. The second-order valence-electron chi connectivity index (χ2n) is 4.25. The molecule has 2 aromatic carbocycles. The van der Waals surface area contributed by atoms with E-state index in [1.807, 2.05) is 0 Å². The summed E-state index contributed by atoms with van der Waals surface area (Å²) >= 11 is 0. The number of aromatic hydroxyl groups is 1. The van der Waals surface area contributed by atoms with Crippen LogP contribution < -0.4 is 0 Å². The molecule has 3 rings (SSSR count). The first-order valence-electron chi connectivity index (χ1n) is 6.01. The Bertz CT molecular complexity index is 852. The van der Waals surface area contributed by atoms with Crippen LogP contribution in [0.2, 0.25) is 0 Å². The maximum absolute atomic E-state index is 13.6. The highest BCUT2D eigenvalue weighted by Crippen LogP contribution is 2.27. The van der Waals surface area contributed by atoms with Crippen LogP contribution in [0.1, 0.15) is 5.56 Å². The minimum absolute atomic E-state index is 0.0457. The van der Waals surface area contributed by atoms with Crippen molar-refractivity contribution in [2.45, 2.75) is 0 Å². The average Bonchev–Trinajstić information content (AvgIpc) is 2.96. The van der Waals surface area contributed by atoms with Gasteiger partial charge in [0.05, 0.1) is 5.56 Å². The third-order valence-corrected chi connectivity index (χ3v) is 2.89. The van der Waals surface area contributed by atoms with Crippen molar-refractivity contribution in [2.75, 3.05) is 0 Å². The lowest BCUT2D eigenvalue weighted by molar-refractivity contribution is 0.432. The van der Waals surface area contributed by atoms with Gasteiger partial charge in [-0.25, -0.2) is 4.39 Å². The van der Waals surface area contributed by atoms with E-state index < -0.39 is 5.82 Å². The summed E-state index contributed by atoms with van der Waals surface area (Å²) in [5, 5.41) is 22.2. The van der Waals surface area contributed by atoms with Crippen LogP contribution in [0.5, 0.6) is 5.75 Å². The molecule has 1 aromatic heterocycles. The SMILES string of the molecule is N#Cc1c(F)cccc1-c1nc(-c2cccc(O)c2)no1. The van der Waals surface area contributed by atoms with Gasteiger partial charge in [0.1, 0.15) is 23.2 Å². The fraction of sp³-hybridized carbons (Fsp3) is 0. The normalized spacial score (nSPS) is 10.3. The Balaban J connectivity index is 2.08. The maximum atomic E-state index is 13.6. The van der Waals surface area contributed by atoms with E-state index in [-0.39, 0.29) is 28.6 Å². The van der Waals surface area contributed by atoms with Gasteiger partial charge in [-0.05, 0) is 24.3 Å². The van der Waals surface area contributed by atoms with Crippen molar-refractivity contribution in [1.29, 1.82) is 5.26 Å². The van der Waals surface area contributed by atoms with Crippen molar-refractivity contribution in [3.63, 3.8) is 0 Å². The van der Waals surface area contributed by atoms with Crippen LogP contribution in [0.15, 0.2) is 47.0 Å². The van der Waals surface area contributed by atoms with Gasteiger partial charge >= 0.3 is 0 Å². The van der Waals surface area contributed by atoms with Crippen LogP contribution in [0.4, 0.5) is 4.39 Å². The zero-order valence-electron chi connectivity index (χ0n) is 10.6. The van der Waals surface area contributed by atoms with Crippen LogP contribution in [-0.4, -0.2) is 15.2 Å². The Hall–Kier alpha value is -3.20. The molecule has 0 bridgehead atoms. The van der Waals surface area contributed by atoms with Gasteiger partial charge in [-0.3, -0.25) is 0 Å². The van der Waals surface area contributed by atoms with E-state index in [0.717, 1.165) is 0 Å². The van der Waals surface area contributed by atoms with Gasteiger partial charge in [0.15, 0.2) is 0 Å². The molecule has 21 heavy (non-hydrogen) atoms. The van der Waals surface area contributed by atoms with Gasteiger partial charge in [-0.2, -0.15) is 10.2 Å². The fourth-order valence-electron chi connectivity index (χ4n) is 1.91. The molecule has 5 nitrogen and oxygen atoms in total. The molecular weight excluding hydrogens is 273 g/mol. The summed E-state index contributed by atoms with van der Waals surface area (Å²) in [6.45, 7) is 0. The molecule has 0 amide bonds. The molecule has 102 valence electrons. The lowest BCUT2D eigenvalue weighted by Gasteiger charge is -1.98. The Morgan fingerprint density at radius 1 is 1.19 bits per heavy atom. The third-order valence-electron chi connectivity index (χ3n) is 2.89. The quantitative estimate of drug-likeness (QED) is 0.780. The van der Waals surface area contributed by atoms with Crippen LogP contribution in [0.25, 0.3) is 22.8 Å². The lowest BCUT2D eigenvalue weighted by atomic mass is 10.1. The number of hydrogen-bond donors (Lipinski definition) is 1. The van der Waals surface area contributed by atoms with Gasteiger partial charge in [0.25, 0.3) is 5.89 Å². The molecule has 0 saturated carbocycles. The zero-order chi connectivity index (χ0) is 14.8. The number of hydrogen-bond acceptors (Lipinski definition) is 5. The van der Waals surface area contributed by atoms with E-state index in [1.54, 1.807) is 18.2 Å². The van der Waals surface area contributed by atoms with Crippen molar-refractivity contribution in [3.05, 3.63) is 53.8 Å². The number of nitriles is 1. The summed E-state index contributed by atoms with van der Waals surface area (Å²) in [5.41, 5.74) is 0.639. The van der Waals surface area contributed by atoms with Gasteiger partial charge in [0, 0.05) is 5.56 Å². The van der Waals surface area contributed by atoms with Gasteiger partial charge in [0.2, 0.25) is 5.82 Å². The molecule has 3 aromatic rings. The van der Waals surface area contributed by atoms with Crippen molar-refractivity contribution >= 4 is 0 Å². The predicted molar refractivity (Wildman–Crippen MR) is 71.5 cm³/mol. The summed E-state index contributed by atoms with van der Waals surface area (Å²) < 4.78 is 18.7. The van der Waals surface area contributed by atoms with E-state index in [1.165, 1.54) is 30.3 Å². The first-order valence-corrected chi connectivity index (χ1v) is 6.01. The second-order valence-corrected chi connectivity index (χ2v) is 4.25. The Kier molecular flexibility index (Phi) is 3.09. The molecule has 6 heteroatoms. The Labute approximate surface area is 118 Å². The molecule has 0 fully saturated rings. The predicted octanol–water partition coefficient (Wildman–Crippen LogP) is 3.12. The summed E-state index contributed by atoms with van der Waals surface area (Å²) in [5.74, 6) is -0.284. The number of benzene rings is 2. The van der Waals surface area contributed by atoms with Gasteiger partial charge in [-0.15, -0.1) is 0 Å². The van der Waals surface area contributed by atoms with E-state index in [4.69, 9.17) is 9.78 Å². The number of phenolic OH excluding ortho intramolecular Hbond substituents is 1. The Morgan fingerprint density at radius 3 is 2.76 bits per heavy atom. The van der Waals surface area contributed by atoms with Gasteiger partial charge < -0.3 is 9.63 Å². The van der Waals surface area contributed by atoms with E-state index >= 15 is 0 Å². The smallest absolute Gasteiger partial charge is 0.259 e. The number of phenols is 1. The molecule has 1 N–H and O–H groups in total. The molecular formula is C15H8FN3O2. The highest BCUT2D eigenvalue weighted by atomic mass is 19.1. The summed E-state index contributed by atoms with van der Waals surface area (Å²) in [6.07, 6.45) is 0. The van der Waals surface area contributed by atoms with E-state index in [0.29, 0.717) is 5.56 Å². The fourth-order valence-corrected chi connectivity index (χ4v) is 1.91. The number of nitrogens with zero attached hydrogens (tertiary/aromatic N) is 3. The molecule has 0 saturated heterocycles. The molecule has 1 heterocycles. The maximum Gasteiger partial charge on any atom is 0.259 e. The van der Waals surface area contributed by atoms with Crippen LogP contribution in [-0.2, 0) is 0 Å². The van der Waals surface area contributed by atoms with Crippen LogP contribution in [0, 0.1) is 17.1 Å². The highest BCUT2D eigenvalue weighted by molar-refractivity contribution is 5.66. The molecule has 0 spiro atoms. The second kappa shape index (κ2) is 5.06. The molecule has 0 aliphatic rings. The molecule has 0 unspecified atom stereocenters. The third kappa shape index (κ3) is 2.32. The molecule has 0 aliphatic carbocycles. The molecule has 0 atom stereocenters. The van der Waals surface area contributed by atoms with Crippen LogP contribution in [0.3, 0.4) is 0 Å². The molecule has 0 aliphatic heterocycles. The Morgan fingerprint density at radius 2 is 2.00 bits per heavy atom. The van der Waals surface area contributed by atoms with Gasteiger partial charge in [-0.1, -0.05) is 23.4 Å².